The lowest BCUT2D eigenvalue weighted by atomic mass is 10.1. The molecular formula is C19H22F2N2O2. The van der Waals surface area contributed by atoms with Crippen molar-refractivity contribution < 1.29 is 19.0 Å². The van der Waals surface area contributed by atoms with Crippen LogP contribution in [0.1, 0.15) is 17.2 Å². The minimum Gasteiger partial charge on any atom is -0.508 e. The summed E-state index contributed by atoms with van der Waals surface area (Å²) in [6.45, 7) is 4.14. The molecule has 25 heavy (non-hydrogen) atoms. The number of rotatable bonds is 5. The van der Waals surface area contributed by atoms with Crippen LogP contribution in [0.2, 0.25) is 0 Å². The first-order valence-electron chi connectivity index (χ1n) is 8.37. The van der Waals surface area contributed by atoms with Crippen LogP contribution < -0.4 is 0 Å². The van der Waals surface area contributed by atoms with Crippen LogP contribution in [-0.2, 0) is 6.54 Å². The molecule has 0 saturated carbocycles. The molecule has 1 saturated heterocycles. The van der Waals surface area contributed by atoms with Gasteiger partial charge in [0.25, 0.3) is 0 Å². The van der Waals surface area contributed by atoms with Crippen molar-refractivity contribution >= 4 is 0 Å². The van der Waals surface area contributed by atoms with Crippen molar-refractivity contribution in [1.82, 2.24) is 9.80 Å². The molecule has 2 aromatic rings. The normalized spacial score (nSPS) is 17.6. The number of hydrogen-bond donors (Lipinski definition) is 2. The van der Waals surface area contributed by atoms with Crippen molar-refractivity contribution in [3.8, 4) is 5.75 Å². The largest absolute Gasteiger partial charge is 0.508 e. The maximum atomic E-state index is 13.7. The van der Waals surface area contributed by atoms with E-state index in [0.29, 0.717) is 0 Å². The summed E-state index contributed by atoms with van der Waals surface area (Å²) in [6.07, 6.45) is -1.05. The highest BCUT2D eigenvalue weighted by Crippen LogP contribution is 2.20. The van der Waals surface area contributed by atoms with Gasteiger partial charge in [0.05, 0.1) is 6.10 Å². The summed E-state index contributed by atoms with van der Waals surface area (Å²) < 4.78 is 27.0. The predicted molar refractivity (Wildman–Crippen MR) is 91.1 cm³/mol. The van der Waals surface area contributed by atoms with E-state index in [1.165, 1.54) is 0 Å². The van der Waals surface area contributed by atoms with Crippen LogP contribution in [-0.4, -0.2) is 52.7 Å². The molecule has 0 aromatic heterocycles. The van der Waals surface area contributed by atoms with Crippen LogP contribution in [0.3, 0.4) is 0 Å². The van der Waals surface area contributed by atoms with Crippen LogP contribution in [0.4, 0.5) is 8.78 Å². The standard InChI is InChI=1S/C19H22F2N2O2/c20-15-4-5-18(21)17(11-15)19(25)13-23-8-6-22(7-9-23)12-14-2-1-3-16(24)10-14/h1-5,10-11,19,24-25H,6-9,12-13H2. The molecule has 0 radical (unpaired) electrons. The number of hydrogen-bond acceptors (Lipinski definition) is 4. The lowest BCUT2D eigenvalue weighted by Gasteiger charge is -2.35. The van der Waals surface area contributed by atoms with Crippen LogP contribution in [0, 0.1) is 11.6 Å². The number of benzene rings is 2. The van der Waals surface area contributed by atoms with E-state index in [-0.39, 0.29) is 17.9 Å². The van der Waals surface area contributed by atoms with E-state index < -0.39 is 17.7 Å². The second-order valence-electron chi connectivity index (χ2n) is 6.43. The second kappa shape index (κ2) is 7.91. The number of phenolic OH excluding ortho intramolecular Hbond substituents is 1. The molecule has 1 fully saturated rings. The highest BCUT2D eigenvalue weighted by molar-refractivity contribution is 5.27. The number of aliphatic hydroxyl groups is 1. The molecule has 6 heteroatoms. The van der Waals surface area contributed by atoms with Crippen molar-refractivity contribution in [2.75, 3.05) is 32.7 Å². The van der Waals surface area contributed by atoms with E-state index >= 15 is 0 Å². The number of nitrogens with zero attached hydrogens (tertiary/aromatic N) is 2. The van der Waals surface area contributed by atoms with Gasteiger partial charge in [-0.2, -0.15) is 0 Å². The third-order valence-electron chi connectivity index (χ3n) is 4.53. The fourth-order valence-electron chi connectivity index (χ4n) is 3.16. The zero-order valence-electron chi connectivity index (χ0n) is 13.9. The number of aromatic hydroxyl groups is 1. The Labute approximate surface area is 145 Å². The van der Waals surface area contributed by atoms with Gasteiger partial charge in [0, 0.05) is 44.8 Å². The molecule has 1 aliphatic rings. The SMILES string of the molecule is Oc1cccc(CN2CCN(CC(O)c3cc(F)ccc3F)CC2)c1. The minimum atomic E-state index is -1.05. The Balaban J connectivity index is 1.51. The lowest BCUT2D eigenvalue weighted by molar-refractivity contribution is 0.0683. The molecule has 134 valence electrons. The molecule has 0 aliphatic carbocycles. The molecule has 2 N–H and O–H groups in total. The lowest BCUT2D eigenvalue weighted by Crippen LogP contribution is -2.47. The molecule has 1 atom stereocenters. The molecule has 1 aliphatic heterocycles. The quantitative estimate of drug-likeness (QED) is 0.872. The van der Waals surface area contributed by atoms with Gasteiger partial charge in [0.15, 0.2) is 0 Å². The van der Waals surface area contributed by atoms with E-state index in [1.807, 2.05) is 17.0 Å². The second-order valence-corrected chi connectivity index (χ2v) is 6.43. The molecule has 1 heterocycles. The van der Waals surface area contributed by atoms with Crippen LogP contribution >= 0.6 is 0 Å². The molecule has 0 bridgehead atoms. The highest BCUT2D eigenvalue weighted by atomic mass is 19.1. The smallest absolute Gasteiger partial charge is 0.129 e. The van der Waals surface area contributed by atoms with Gasteiger partial charge in [-0.15, -0.1) is 0 Å². The van der Waals surface area contributed by atoms with E-state index in [4.69, 9.17) is 0 Å². The molecule has 0 amide bonds. The molecule has 3 rings (SSSR count). The Morgan fingerprint density at radius 1 is 0.960 bits per heavy atom. The van der Waals surface area contributed by atoms with E-state index in [2.05, 4.69) is 4.90 Å². The molecular weight excluding hydrogens is 326 g/mol. The first-order chi connectivity index (χ1) is 12.0. The van der Waals surface area contributed by atoms with Gasteiger partial charge in [0.2, 0.25) is 0 Å². The van der Waals surface area contributed by atoms with Crippen LogP contribution in [0.25, 0.3) is 0 Å². The van der Waals surface area contributed by atoms with Crippen LogP contribution in [0.15, 0.2) is 42.5 Å². The van der Waals surface area contributed by atoms with Crippen molar-refractivity contribution in [3.05, 3.63) is 65.2 Å². The average Bonchev–Trinajstić information content (AvgIpc) is 2.59. The van der Waals surface area contributed by atoms with Crippen molar-refractivity contribution in [3.63, 3.8) is 0 Å². The zero-order valence-corrected chi connectivity index (χ0v) is 13.9. The Hall–Kier alpha value is -2.02. The van der Waals surface area contributed by atoms with Crippen LogP contribution in [0.5, 0.6) is 5.75 Å². The number of halogens is 2. The summed E-state index contributed by atoms with van der Waals surface area (Å²) in [7, 11) is 0. The number of β-amino-alcohol motifs (C(OH)–C–C–N with tert-alkyl or cyclic N) is 1. The highest BCUT2D eigenvalue weighted by Gasteiger charge is 2.22. The predicted octanol–water partition coefficient (Wildman–Crippen LogP) is 2.52. The Bertz CT molecular complexity index is 718. The molecule has 2 aromatic carbocycles. The van der Waals surface area contributed by atoms with E-state index in [9.17, 15) is 19.0 Å². The van der Waals surface area contributed by atoms with Crippen molar-refractivity contribution in [2.45, 2.75) is 12.6 Å². The zero-order chi connectivity index (χ0) is 17.8. The first kappa shape index (κ1) is 17.8. The van der Waals surface area contributed by atoms with Gasteiger partial charge < -0.3 is 10.2 Å². The Morgan fingerprint density at radius 3 is 2.40 bits per heavy atom. The summed E-state index contributed by atoms with van der Waals surface area (Å²) in [5.74, 6) is -0.876. The summed E-state index contributed by atoms with van der Waals surface area (Å²) >= 11 is 0. The molecule has 0 spiro atoms. The molecule has 4 nitrogen and oxygen atoms in total. The summed E-state index contributed by atoms with van der Waals surface area (Å²) in [4.78, 5) is 4.31. The van der Waals surface area contributed by atoms with E-state index in [0.717, 1.165) is 56.5 Å². The topological polar surface area (TPSA) is 46.9 Å². The average molecular weight is 348 g/mol. The van der Waals surface area contributed by atoms with Gasteiger partial charge in [-0.25, -0.2) is 8.78 Å². The number of aliphatic hydroxyl groups excluding tert-OH is 1. The fraction of sp³-hybridized carbons (Fsp3) is 0.368. The summed E-state index contributed by atoms with van der Waals surface area (Å²) in [6, 6.07) is 10.3. The number of phenols is 1. The maximum absolute atomic E-state index is 13.7. The fourth-order valence-corrected chi connectivity index (χ4v) is 3.16. The van der Waals surface area contributed by atoms with Gasteiger partial charge in [-0.1, -0.05) is 12.1 Å². The van der Waals surface area contributed by atoms with E-state index in [1.54, 1.807) is 12.1 Å². The van der Waals surface area contributed by atoms with Gasteiger partial charge in [-0.05, 0) is 35.9 Å². The van der Waals surface area contributed by atoms with Gasteiger partial charge in [-0.3, -0.25) is 9.80 Å². The maximum Gasteiger partial charge on any atom is 0.129 e. The third-order valence-corrected chi connectivity index (χ3v) is 4.53. The van der Waals surface area contributed by atoms with Crippen molar-refractivity contribution in [2.24, 2.45) is 0 Å². The van der Waals surface area contributed by atoms with Gasteiger partial charge >= 0.3 is 0 Å². The first-order valence-corrected chi connectivity index (χ1v) is 8.37. The monoisotopic (exact) mass is 348 g/mol. The van der Waals surface area contributed by atoms with Crippen molar-refractivity contribution in [1.29, 1.82) is 0 Å². The molecule has 1 unspecified atom stereocenters. The Kier molecular flexibility index (Phi) is 5.63. The number of piperazine rings is 1. The summed E-state index contributed by atoms with van der Waals surface area (Å²) in [5, 5.41) is 19.7. The van der Waals surface area contributed by atoms with Gasteiger partial charge in [0.1, 0.15) is 17.4 Å². The summed E-state index contributed by atoms with van der Waals surface area (Å²) in [5.41, 5.74) is 1.05. The Morgan fingerprint density at radius 2 is 1.68 bits per heavy atom. The minimum absolute atomic E-state index is 0.00203. The third kappa shape index (κ3) is 4.75.